The lowest BCUT2D eigenvalue weighted by molar-refractivity contribution is -0.138. The molecule has 0 aliphatic heterocycles. The predicted molar refractivity (Wildman–Crippen MR) is 124 cm³/mol. The molecule has 0 aromatic rings. The smallest absolute Gasteiger partial charge is 0.469 e. The molecule has 0 fully saturated rings. The van der Waals surface area contributed by atoms with Gasteiger partial charge in [0, 0.05) is 6.54 Å². The molecule has 11 heteroatoms. The molecule has 0 amide bonds. The maximum atomic E-state index is 10.4. The summed E-state index contributed by atoms with van der Waals surface area (Å²) in [6.07, 6.45) is 15.9. The van der Waals surface area contributed by atoms with Crippen LogP contribution in [0, 0.1) is 5.41 Å². The van der Waals surface area contributed by atoms with E-state index in [4.69, 9.17) is 31.8 Å². The molecular formula is C20H45N4O6P. The number of carboxylic acids is 1. The number of nitrogens with two attached hydrogens (primary N) is 2. The predicted octanol–water partition coefficient (Wildman–Crippen LogP) is 3.46. The molecule has 0 aromatic carbocycles. The molecule has 186 valence electrons. The van der Waals surface area contributed by atoms with Crippen LogP contribution in [0.4, 0.5) is 0 Å². The molecule has 0 heterocycles. The molecular weight excluding hydrogens is 423 g/mol. The third kappa shape index (κ3) is 31.1. The van der Waals surface area contributed by atoms with Gasteiger partial charge in [0.1, 0.15) is 6.04 Å². The zero-order valence-electron chi connectivity index (χ0n) is 19.1. The van der Waals surface area contributed by atoms with E-state index < -0.39 is 19.8 Å². The maximum absolute atomic E-state index is 10.4. The van der Waals surface area contributed by atoms with Gasteiger partial charge in [0.05, 0.1) is 6.61 Å². The summed E-state index contributed by atoms with van der Waals surface area (Å²) in [6.45, 7) is 2.89. The normalized spacial score (nSPS) is 12.0. The van der Waals surface area contributed by atoms with Crippen LogP contribution in [-0.2, 0) is 13.9 Å². The van der Waals surface area contributed by atoms with Gasteiger partial charge in [-0.3, -0.25) is 14.7 Å². The number of phosphoric acid groups is 1. The van der Waals surface area contributed by atoms with Gasteiger partial charge in [-0.2, -0.15) is 0 Å². The summed E-state index contributed by atoms with van der Waals surface area (Å²) in [7, 11) is -4.25. The van der Waals surface area contributed by atoms with Crippen molar-refractivity contribution in [1.82, 2.24) is 5.32 Å². The van der Waals surface area contributed by atoms with Crippen LogP contribution >= 0.6 is 7.82 Å². The highest BCUT2D eigenvalue weighted by Crippen LogP contribution is 2.35. The summed E-state index contributed by atoms with van der Waals surface area (Å²) < 4.78 is 14.8. The minimum atomic E-state index is -4.25. The van der Waals surface area contributed by atoms with Crippen LogP contribution in [0.3, 0.4) is 0 Å². The van der Waals surface area contributed by atoms with Gasteiger partial charge in [-0.15, -0.1) is 0 Å². The topological polar surface area (TPSA) is 192 Å². The molecule has 0 rings (SSSR count). The molecule has 0 spiro atoms. The third-order valence-corrected chi connectivity index (χ3v) is 5.10. The molecule has 0 bridgehead atoms. The Kier molecular flexibility index (Phi) is 22.7. The van der Waals surface area contributed by atoms with Crippen molar-refractivity contribution < 1.29 is 28.8 Å². The molecule has 31 heavy (non-hydrogen) atoms. The molecule has 0 aromatic heterocycles. The molecule has 1 atom stereocenters. The number of aliphatic carboxylic acids is 1. The van der Waals surface area contributed by atoms with Crippen molar-refractivity contribution in [3.63, 3.8) is 0 Å². The number of phosphoric ester groups is 1. The number of hydrogen-bond acceptors (Lipinski definition) is 5. The lowest BCUT2D eigenvalue weighted by atomic mass is 10.1. The Morgan fingerprint density at radius 3 is 1.81 bits per heavy atom. The fourth-order valence-corrected chi connectivity index (χ4v) is 3.16. The second-order valence-corrected chi connectivity index (χ2v) is 8.88. The van der Waals surface area contributed by atoms with Gasteiger partial charge < -0.3 is 31.7 Å². The molecule has 0 radical (unpaired) electrons. The second-order valence-electron chi connectivity index (χ2n) is 7.64. The van der Waals surface area contributed by atoms with Crippen molar-refractivity contribution in [1.29, 1.82) is 5.41 Å². The summed E-state index contributed by atoms with van der Waals surface area (Å²) in [6, 6.07) is -0.821. The van der Waals surface area contributed by atoms with Crippen molar-refractivity contribution in [3.05, 3.63) is 0 Å². The van der Waals surface area contributed by atoms with Crippen LogP contribution in [0.15, 0.2) is 0 Å². The average Bonchev–Trinajstić information content (AvgIpc) is 2.68. The van der Waals surface area contributed by atoms with Gasteiger partial charge in [-0.05, 0) is 19.3 Å². The number of carbonyl (C=O) groups is 1. The monoisotopic (exact) mass is 468 g/mol. The molecule has 0 aliphatic carbocycles. The van der Waals surface area contributed by atoms with E-state index >= 15 is 0 Å². The quantitative estimate of drug-likeness (QED) is 0.0643. The van der Waals surface area contributed by atoms with Gasteiger partial charge >= 0.3 is 13.8 Å². The largest absolute Gasteiger partial charge is 0.480 e. The van der Waals surface area contributed by atoms with Crippen LogP contribution in [-0.4, -0.2) is 46.0 Å². The summed E-state index contributed by atoms with van der Waals surface area (Å²) in [5, 5.41) is 17.7. The van der Waals surface area contributed by atoms with Gasteiger partial charge in [0.2, 0.25) is 0 Å². The third-order valence-electron chi connectivity index (χ3n) is 4.58. The van der Waals surface area contributed by atoms with Gasteiger partial charge in [0.15, 0.2) is 5.96 Å². The van der Waals surface area contributed by atoms with Crippen molar-refractivity contribution in [2.24, 2.45) is 11.5 Å². The Hall–Kier alpha value is -1.19. The van der Waals surface area contributed by atoms with Crippen molar-refractivity contribution in [2.75, 3.05) is 13.2 Å². The summed E-state index contributed by atoms with van der Waals surface area (Å²) in [4.78, 5) is 27.2. The van der Waals surface area contributed by atoms with Crippen molar-refractivity contribution in [3.8, 4) is 0 Å². The SMILES string of the molecule is CCCCCCCCCCCCCCOP(=O)(O)O.N=C(N)NCCCC(N)C(=O)O. The summed E-state index contributed by atoms with van der Waals surface area (Å²) in [5.41, 5.74) is 10.2. The Bertz CT molecular complexity index is 490. The van der Waals surface area contributed by atoms with Crippen LogP contribution in [0.25, 0.3) is 0 Å². The Morgan fingerprint density at radius 2 is 1.42 bits per heavy atom. The molecule has 9 N–H and O–H groups in total. The van der Waals surface area contributed by atoms with Crippen molar-refractivity contribution >= 4 is 19.8 Å². The van der Waals surface area contributed by atoms with Gasteiger partial charge in [-0.1, -0.05) is 77.6 Å². The van der Waals surface area contributed by atoms with E-state index in [9.17, 15) is 9.36 Å². The minimum absolute atomic E-state index is 0.112. The zero-order chi connectivity index (χ0) is 24.0. The number of nitrogens with one attached hydrogen (secondary N) is 2. The fourth-order valence-electron chi connectivity index (χ4n) is 2.80. The van der Waals surface area contributed by atoms with E-state index in [1.54, 1.807) is 0 Å². The first-order valence-corrected chi connectivity index (χ1v) is 12.9. The van der Waals surface area contributed by atoms with Gasteiger partial charge in [0.25, 0.3) is 0 Å². The number of rotatable bonds is 19. The first-order chi connectivity index (χ1) is 14.6. The van der Waals surface area contributed by atoms with E-state index in [0.29, 0.717) is 19.4 Å². The minimum Gasteiger partial charge on any atom is -0.480 e. The number of guanidine groups is 1. The Labute approximate surface area is 187 Å². The lowest BCUT2D eigenvalue weighted by Gasteiger charge is -2.06. The summed E-state index contributed by atoms with van der Waals surface area (Å²) >= 11 is 0. The van der Waals surface area contributed by atoms with Crippen molar-refractivity contribution in [2.45, 2.75) is 103 Å². The molecule has 0 aliphatic rings. The first-order valence-electron chi connectivity index (χ1n) is 11.4. The van der Waals surface area contributed by atoms with E-state index in [-0.39, 0.29) is 12.6 Å². The number of unbranched alkanes of at least 4 members (excludes halogenated alkanes) is 11. The van der Waals surface area contributed by atoms with Gasteiger partial charge in [-0.25, -0.2) is 4.57 Å². The highest BCUT2D eigenvalue weighted by Gasteiger charge is 2.12. The Morgan fingerprint density at radius 1 is 0.968 bits per heavy atom. The number of hydrogen-bond donors (Lipinski definition) is 7. The maximum Gasteiger partial charge on any atom is 0.469 e. The Balaban J connectivity index is 0. The molecule has 0 saturated heterocycles. The van der Waals surface area contributed by atoms with Crippen LogP contribution in [0.2, 0.25) is 0 Å². The highest BCUT2D eigenvalue weighted by atomic mass is 31.2. The van der Waals surface area contributed by atoms with E-state index in [1.165, 1.54) is 57.8 Å². The first kappa shape index (κ1) is 32.0. The summed E-state index contributed by atoms with van der Waals surface area (Å²) in [5.74, 6) is -1.11. The number of carboxylic acid groups (broad SMARTS) is 1. The zero-order valence-corrected chi connectivity index (χ0v) is 20.0. The fraction of sp³-hybridized carbons (Fsp3) is 0.900. The molecule has 0 saturated carbocycles. The van der Waals surface area contributed by atoms with Crippen LogP contribution in [0.5, 0.6) is 0 Å². The van der Waals surface area contributed by atoms with E-state index in [0.717, 1.165) is 19.3 Å². The van der Waals surface area contributed by atoms with Crippen LogP contribution in [0.1, 0.15) is 96.8 Å². The molecule has 10 nitrogen and oxygen atoms in total. The van der Waals surface area contributed by atoms with Crippen LogP contribution < -0.4 is 16.8 Å². The van der Waals surface area contributed by atoms with E-state index in [2.05, 4.69) is 16.8 Å². The van der Waals surface area contributed by atoms with E-state index in [1.807, 2.05) is 0 Å². The lowest BCUT2D eigenvalue weighted by Crippen LogP contribution is -2.34. The standard InChI is InChI=1S/C14H31O4P.C6H14N4O2/c1-2-3-4-5-6-7-8-9-10-11-12-13-14-18-19(15,16)17;7-4(5(11)12)2-1-3-10-6(8)9/h2-14H2,1H3,(H2,15,16,17);4H,1-3,7H2,(H,11,12)(H4,8,9,10). The average molecular weight is 469 g/mol. The molecule has 1 unspecified atom stereocenters. The second kappa shape index (κ2) is 22.0. The highest BCUT2D eigenvalue weighted by molar-refractivity contribution is 7.46.